The maximum atomic E-state index is 11.9. The van der Waals surface area contributed by atoms with Crippen LogP contribution in [0, 0.1) is 13.8 Å². The Morgan fingerprint density at radius 2 is 2.10 bits per heavy atom. The lowest BCUT2D eigenvalue weighted by Gasteiger charge is -2.32. The van der Waals surface area contributed by atoms with Crippen molar-refractivity contribution in [3.05, 3.63) is 17.0 Å². The molecule has 0 saturated carbocycles. The van der Waals surface area contributed by atoms with E-state index in [9.17, 15) is 4.79 Å². The van der Waals surface area contributed by atoms with Gasteiger partial charge in [-0.1, -0.05) is 5.16 Å². The zero-order chi connectivity index (χ0) is 15.2. The lowest BCUT2D eigenvalue weighted by atomic mass is 10.1. The predicted octanol–water partition coefficient (Wildman–Crippen LogP) is 1.06. The van der Waals surface area contributed by atoms with E-state index in [1.807, 2.05) is 13.8 Å². The highest BCUT2D eigenvalue weighted by Crippen LogP contribution is 2.14. The molecule has 0 unspecified atom stereocenters. The minimum atomic E-state index is 0.0788. The molecular formula is C15H25N3O3. The number of carbonyl (C=O) groups excluding carboxylic acids is 1. The summed E-state index contributed by atoms with van der Waals surface area (Å²) in [6, 6.07) is 0.344. The molecule has 1 aliphatic heterocycles. The van der Waals surface area contributed by atoms with Crippen molar-refractivity contribution in [2.24, 2.45) is 0 Å². The Bertz CT molecular complexity index is 447. The third-order valence-corrected chi connectivity index (χ3v) is 4.05. The van der Waals surface area contributed by atoms with E-state index in [0.29, 0.717) is 25.4 Å². The van der Waals surface area contributed by atoms with Crippen LogP contribution in [0.25, 0.3) is 0 Å². The fraction of sp³-hybridized carbons (Fsp3) is 0.733. The van der Waals surface area contributed by atoms with Gasteiger partial charge >= 0.3 is 0 Å². The molecule has 0 radical (unpaired) electrons. The second-order valence-corrected chi connectivity index (χ2v) is 5.60. The summed E-state index contributed by atoms with van der Waals surface area (Å²) in [4.78, 5) is 14.3. The molecule has 21 heavy (non-hydrogen) atoms. The molecule has 1 atom stereocenters. The molecule has 6 heteroatoms. The molecule has 1 amide bonds. The van der Waals surface area contributed by atoms with Gasteiger partial charge < -0.3 is 14.6 Å². The number of hydrogen-bond donors (Lipinski definition) is 1. The minimum Gasteiger partial charge on any atom is -0.379 e. The maximum Gasteiger partial charge on any atom is 0.220 e. The number of aromatic nitrogens is 1. The summed E-state index contributed by atoms with van der Waals surface area (Å²) in [5.74, 6) is 0.886. The average Bonchev–Trinajstić information content (AvgIpc) is 2.82. The Balaban J connectivity index is 1.70. The molecular weight excluding hydrogens is 270 g/mol. The Hall–Kier alpha value is -1.40. The van der Waals surface area contributed by atoms with Crippen molar-refractivity contribution in [3.63, 3.8) is 0 Å². The van der Waals surface area contributed by atoms with E-state index in [1.165, 1.54) is 0 Å². The first kappa shape index (κ1) is 16.0. The minimum absolute atomic E-state index is 0.0788. The van der Waals surface area contributed by atoms with Crippen molar-refractivity contribution in [2.75, 3.05) is 32.8 Å². The van der Waals surface area contributed by atoms with Gasteiger partial charge in [0.25, 0.3) is 0 Å². The molecule has 1 aromatic rings. The van der Waals surface area contributed by atoms with Gasteiger partial charge in [0, 0.05) is 37.7 Å². The highest BCUT2D eigenvalue weighted by Gasteiger charge is 2.17. The number of ether oxygens (including phenoxy) is 1. The third-order valence-electron chi connectivity index (χ3n) is 4.05. The first-order valence-electron chi connectivity index (χ1n) is 7.58. The summed E-state index contributed by atoms with van der Waals surface area (Å²) in [6.07, 6.45) is 1.15. The van der Waals surface area contributed by atoms with E-state index in [4.69, 9.17) is 9.26 Å². The van der Waals surface area contributed by atoms with Crippen LogP contribution < -0.4 is 5.32 Å². The predicted molar refractivity (Wildman–Crippen MR) is 79.2 cm³/mol. The van der Waals surface area contributed by atoms with Crippen molar-refractivity contribution in [1.82, 2.24) is 15.4 Å². The summed E-state index contributed by atoms with van der Waals surface area (Å²) in [6.45, 7) is 10.1. The van der Waals surface area contributed by atoms with E-state index >= 15 is 0 Å². The monoisotopic (exact) mass is 295 g/mol. The molecule has 2 rings (SSSR count). The van der Waals surface area contributed by atoms with Crippen LogP contribution in [0.5, 0.6) is 0 Å². The first-order valence-corrected chi connectivity index (χ1v) is 7.58. The van der Waals surface area contributed by atoms with Gasteiger partial charge in [-0.05, 0) is 27.2 Å². The van der Waals surface area contributed by atoms with Crippen molar-refractivity contribution in [1.29, 1.82) is 0 Å². The quantitative estimate of drug-likeness (QED) is 0.850. The Morgan fingerprint density at radius 1 is 1.38 bits per heavy atom. The first-order chi connectivity index (χ1) is 10.1. The molecule has 1 aromatic heterocycles. The SMILES string of the molecule is Cc1noc(C)c1CCC(=O)NC[C@H](C)N1CCOCC1. The molecule has 6 nitrogen and oxygen atoms in total. The molecule has 118 valence electrons. The number of amides is 1. The Labute approximate surface area is 125 Å². The maximum absolute atomic E-state index is 11.9. The molecule has 1 fully saturated rings. The molecule has 0 aliphatic carbocycles. The number of morpholine rings is 1. The van der Waals surface area contributed by atoms with Gasteiger partial charge in [0.15, 0.2) is 0 Å². The van der Waals surface area contributed by atoms with E-state index in [0.717, 1.165) is 43.3 Å². The lowest BCUT2D eigenvalue weighted by molar-refractivity contribution is -0.121. The van der Waals surface area contributed by atoms with E-state index in [-0.39, 0.29) is 5.91 Å². The van der Waals surface area contributed by atoms with Crippen LogP contribution >= 0.6 is 0 Å². The second-order valence-electron chi connectivity index (χ2n) is 5.60. The van der Waals surface area contributed by atoms with Crippen LogP contribution in [-0.2, 0) is 16.0 Å². The Morgan fingerprint density at radius 3 is 2.71 bits per heavy atom. The van der Waals surface area contributed by atoms with Crippen molar-refractivity contribution >= 4 is 5.91 Å². The summed E-state index contributed by atoms with van der Waals surface area (Å²) in [5.41, 5.74) is 1.92. The molecule has 0 aromatic carbocycles. The van der Waals surface area contributed by atoms with Gasteiger partial charge in [0.1, 0.15) is 5.76 Å². The number of aryl methyl sites for hydroxylation is 2. The van der Waals surface area contributed by atoms with Crippen LogP contribution in [-0.4, -0.2) is 54.9 Å². The average molecular weight is 295 g/mol. The smallest absolute Gasteiger partial charge is 0.220 e. The van der Waals surface area contributed by atoms with Gasteiger partial charge in [-0.25, -0.2) is 0 Å². The molecule has 1 N–H and O–H groups in total. The molecule has 0 bridgehead atoms. The van der Waals surface area contributed by atoms with Gasteiger partial charge in [-0.15, -0.1) is 0 Å². The number of rotatable bonds is 6. The third kappa shape index (κ3) is 4.54. The van der Waals surface area contributed by atoms with Gasteiger partial charge in [0.2, 0.25) is 5.91 Å². The highest BCUT2D eigenvalue weighted by atomic mass is 16.5. The van der Waals surface area contributed by atoms with Crippen LogP contribution in [0.2, 0.25) is 0 Å². The lowest BCUT2D eigenvalue weighted by Crippen LogP contribution is -2.47. The standard InChI is InChI=1S/C15H25N3O3/c1-11(18-6-8-20-9-7-18)10-16-15(19)5-4-14-12(2)17-21-13(14)3/h11H,4-10H2,1-3H3,(H,16,19)/t11-/m0/s1. The molecule has 0 spiro atoms. The van der Waals surface area contributed by atoms with Crippen molar-refractivity contribution in [2.45, 2.75) is 39.7 Å². The normalized spacial score (nSPS) is 17.7. The largest absolute Gasteiger partial charge is 0.379 e. The van der Waals surface area contributed by atoms with E-state index in [2.05, 4.69) is 22.3 Å². The summed E-state index contributed by atoms with van der Waals surface area (Å²) >= 11 is 0. The van der Waals surface area contributed by atoms with E-state index < -0.39 is 0 Å². The Kier molecular flexibility index (Phi) is 5.76. The zero-order valence-electron chi connectivity index (χ0n) is 13.1. The van der Waals surface area contributed by atoms with Crippen molar-refractivity contribution < 1.29 is 14.1 Å². The van der Waals surface area contributed by atoms with E-state index in [1.54, 1.807) is 0 Å². The molecule has 1 saturated heterocycles. The number of nitrogens with zero attached hydrogens (tertiary/aromatic N) is 2. The van der Waals surface area contributed by atoms with Crippen LogP contribution in [0.15, 0.2) is 4.52 Å². The highest BCUT2D eigenvalue weighted by molar-refractivity contribution is 5.76. The fourth-order valence-corrected chi connectivity index (χ4v) is 2.59. The number of hydrogen-bond acceptors (Lipinski definition) is 5. The number of carbonyl (C=O) groups is 1. The van der Waals surface area contributed by atoms with Gasteiger partial charge in [0.05, 0.1) is 18.9 Å². The summed E-state index contributed by atoms with van der Waals surface area (Å²) in [7, 11) is 0. The van der Waals surface area contributed by atoms with Gasteiger partial charge in [-0.2, -0.15) is 0 Å². The second kappa shape index (κ2) is 7.56. The zero-order valence-corrected chi connectivity index (χ0v) is 13.1. The fourth-order valence-electron chi connectivity index (χ4n) is 2.59. The van der Waals surface area contributed by atoms with Crippen LogP contribution in [0.1, 0.15) is 30.4 Å². The summed E-state index contributed by atoms with van der Waals surface area (Å²) < 4.78 is 10.4. The van der Waals surface area contributed by atoms with Crippen LogP contribution in [0.3, 0.4) is 0 Å². The molecule has 2 heterocycles. The van der Waals surface area contributed by atoms with Crippen molar-refractivity contribution in [3.8, 4) is 0 Å². The van der Waals surface area contributed by atoms with Gasteiger partial charge in [-0.3, -0.25) is 9.69 Å². The number of nitrogens with one attached hydrogen (secondary N) is 1. The topological polar surface area (TPSA) is 67.6 Å². The van der Waals surface area contributed by atoms with Crippen LogP contribution in [0.4, 0.5) is 0 Å². The summed E-state index contributed by atoms with van der Waals surface area (Å²) in [5, 5.41) is 6.91. The molecule has 1 aliphatic rings.